The van der Waals surface area contributed by atoms with E-state index in [4.69, 9.17) is 23.9 Å². The van der Waals surface area contributed by atoms with Crippen molar-refractivity contribution in [2.75, 3.05) is 47.1 Å². The molecule has 2 aromatic heterocycles. The molecule has 0 saturated carbocycles. The van der Waals surface area contributed by atoms with Crippen LogP contribution in [0.4, 0.5) is 4.79 Å². The highest BCUT2D eigenvalue weighted by Gasteiger charge is 2.43. The number of hydrogen-bond acceptors (Lipinski definition) is 7. The zero-order valence-electron chi connectivity index (χ0n) is 25.3. The van der Waals surface area contributed by atoms with Crippen LogP contribution >= 0.6 is 0 Å². The van der Waals surface area contributed by atoms with Crippen molar-refractivity contribution in [3.8, 4) is 11.5 Å². The van der Waals surface area contributed by atoms with Gasteiger partial charge in [-0.3, -0.25) is 5.10 Å². The number of aromatic amines is 2. The number of aromatic nitrogens is 4. The highest BCUT2D eigenvalue weighted by Crippen LogP contribution is 2.42. The number of morpholine rings is 1. The molecule has 3 atom stereocenters. The molecule has 0 bridgehead atoms. The average molecular weight is 589 g/mol. The smallest absolute Gasteiger partial charge is 0.321 e. The van der Waals surface area contributed by atoms with E-state index in [2.05, 4.69) is 41.2 Å². The number of nitrogens with one attached hydrogen (secondary N) is 2. The quantitative estimate of drug-likeness (QED) is 0.301. The highest BCUT2D eigenvalue weighted by atomic mass is 16.5. The van der Waals surface area contributed by atoms with E-state index in [9.17, 15) is 4.79 Å². The number of fused-ring (bicyclic) bond motifs is 1. The first-order valence-electron chi connectivity index (χ1n) is 14.9. The van der Waals surface area contributed by atoms with Crippen LogP contribution in [0, 0.1) is 13.8 Å². The number of aryl methyl sites for hydroxylation is 2. The van der Waals surface area contributed by atoms with E-state index in [0.717, 1.165) is 40.8 Å². The summed E-state index contributed by atoms with van der Waals surface area (Å²) >= 11 is 0. The van der Waals surface area contributed by atoms with Crippen LogP contribution in [0.5, 0.6) is 11.5 Å². The van der Waals surface area contributed by atoms with Gasteiger partial charge in [0.1, 0.15) is 17.3 Å². The van der Waals surface area contributed by atoms with Gasteiger partial charge in [-0.05, 0) is 62.1 Å². The number of rotatable bonds is 8. The molecule has 2 N–H and O–H groups in total. The normalized spacial score (nSPS) is 19.8. The summed E-state index contributed by atoms with van der Waals surface area (Å²) in [6.07, 6.45) is 5.05. The summed E-state index contributed by atoms with van der Waals surface area (Å²) in [6.45, 7) is 7.15. The molecule has 0 aliphatic carbocycles. The maximum absolute atomic E-state index is 14.5. The number of nitrogens with zero attached hydrogens (tertiary/aromatic N) is 4. The number of benzene rings is 2. The Bertz CT molecular complexity index is 1510. The number of urea groups is 1. The fourth-order valence-corrected chi connectivity index (χ4v) is 6.23. The number of H-pyrrole nitrogens is 2. The van der Waals surface area contributed by atoms with E-state index in [0.29, 0.717) is 51.0 Å². The molecule has 11 nitrogen and oxygen atoms in total. The molecule has 2 aliphatic rings. The van der Waals surface area contributed by atoms with E-state index in [1.165, 1.54) is 11.1 Å². The van der Waals surface area contributed by atoms with Gasteiger partial charge < -0.3 is 33.7 Å². The molecule has 11 heteroatoms. The molecule has 43 heavy (non-hydrogen) atoms. The first kappa shape index (κ1) is 29.0. The fraction of sp³-hybridized carbons (Fsp3) is 0.469. The van der Waals surface area contributed by atoms with E-state index >= 15 is 0 Å². The molecule has 0 spiro atoms. The minimum atomic E-state index is -0.456. The van der Waals surface area contributed by atoms with Gasteiger partial charge in [-0.2, -0.15) is 5.10 Å². The van der Waals surface area contributed by atoms with Gasteiger partial charge in [-0.1, -0.05) is 0 Å². The third-order valence-electron chi connectivity index (χ3n) is 8.70. The van der Waals surface area contributed by atoms with E-state index in [1.807, 2.05) is 34.2 Å². The van der Waals surface area contributed by atoms with Crippen molar-refractivity contribution >= 4 is 17.1 Å². The van der Waals surface area contributed by atoms with Gasteiger partial charge in [-0.15, -0.1) is 0 Å². The van der Waals surface area contributed by atoms with Crippen LogP contribution < -0.4 is 9.47 Å². The van der Waals surface area contributed by atoms with E-state index < -0.39 is 6.04 Å². The van der Waals surface area contributed by atoms with Gasteiger partial charge in [-0.25, -0.2) is 9.78 Å². The van der Waals surface area contributed by atoms with Gasteiger partial charge in [0.25, 0.3) is 0 Å². The summed E-state index contributed by atoms with van der Waals surface area (Å²) in [7, 11) is 3.25. The summed E-state index contributed by atoms with van der Waals surface area (Å²) in [5.74, 6) is 2.14. The predicted molar refractivity (Wildman–Crippen MR) is 161 cm³/mol. The lowest BCUT2D eigenvalue weighted by Crippen LogP contribution is -2.52. The second kappa shape index (κ2) is 12.6. The molecular weight excluding hydrogens is 548 g/mol. The van der Waals surface area contributed by atoms with Crippen LogP contribution in [-0.2, 0) is 16.0 Å². The maximum atomic E-state index is 14.5. The molecule has 2 saturated heterocycles. The Morgan fingerprint density at radius 2 is 1.93 bits per heavy atom. The van der Waals surface area contributed by atoms with Crippen LogP contribution in [0.1, 0.15) is 52.9 Å². The third-order valence-corrected chi connectivity index (χ3v) is 8.70. The Morgan fingerprint density at radius 3 is 2.67 bits per heavy atom. The van der Waals surface area contributed by atoms with E-state index in [-0.39, 0.29) is 18.1 Å². The van der Waals surface area contributed by atoms with Crippen LogP contribution in [-0.4, -0.2) is 89.2 Å². The summed E-state index contributed by atoms with van der Waals surface area (Å²) in [4.78, 5) is 26.9. The van der Waals surface area contributed by atoms with Crippen LogP contribution in [0.15, 0.2) is 42.7 Å². The molecular formula is C32H40N6O5. The summed E-state index contributed by atoms with van der Waals surface area (Å²) in [5, 5.41) is 7.26. The van der Waals surface area contributed by atoms with Crippen molar-refractivity contribution in [3.63, 3.8) is 0 Å². The lowest BCUT2D eigenvalue weighted by molar-refractivity contribution is -0.0559. The largest absolute Gasteiger partial charge is 0.497 e. The lowest BCUT2D eigenvalue weighted by atomic mass is 9.85. The zero-order chi connectivity index (χ0) is 29.9. The topological polar surface area (TPSA) is 118 Å². The number of amides is 2. The van der Waals surface area contributed by atoms with Crippen molar-refractivity contribution in [2.45, 2.75) is 51.3 Å². The SMILES string of the molecule is COc1ccc(CN(C(=O)N2CCOCC2)C(c2cn[nH]c2)C2OCCCC2c2nc3cc(C)c(C)cc3[nH]2)c(OC)c1. The first-order valence-corrected chi connectivity index (χ1v) is 14.9. The summed E-state index contributed by atoms with van der Waals surface area (Å²) in [6, 6.07) is 9.42. The number of ether oxygens (including phenoxy) is 4. The molecule has 4 aromatic rings. The van der Waals surface area contributed by atoms with Gasteiger partial charge in [0.2, 0.25) is 0 Å². The Kier molecular flexibility index (Phi) is 8.53. The second-order valence-electron chi connectivity index (χ2n) is 11.3. The summed E-state index contributed by atoms with van der Waals surface area (Å²) < 4.78 is 23.4. The second-order valence-corrected chi connectivity index (χ2v) is 11.3. The van der Waals surface area contributed by atoms with Crippen molar-refractivity contribution < 1.29 is 23.7 Å². The predicted octanol–water partition coefficient (Wildman–Crippen LogP) is 4.88. The molecule has 2 fully saturated rings. The molecule has 4 heterocycles. The minimum Gasteiger partial charge on any atom is -0.497 e. The average Bonchev–Trinajstić information content (AvgIpc) is 3.72. The Morgan fingerprint density at radius 1 is 1.12 bits per heavy atom. The molecule has 2 aliphatic heterocycles. The van der Waals surface area contributed by atoms with Gasteiger partial charge in [0, 0.05) is 49.0 Å². The molecule has 0 radical (unpaired) electrons. The fourth-order valence-electron chi connectivity index (χ4n) is 6.23. The molecule has 2 amide bonds. The van der Waals surface area contributed by atoms with Gasteiger partial charge >= 0.3 is 6.03 Å². The van der Waals surface area contributed by atoms with Crippen molar-refractivity contribution in [3.05, 3.63) is 70.8 Å². The lowest BCUT2D eigenvalue weighted by Gasteiger charge is -2.43. The van der Waals surface area contributed by atoms with Gasteiger partial charge in [0.05, 0.1) is 63.4 Å². The van der Waals surface area contributed by atoms with Crippen molar-refractivity contribution in [1.29, 1.82) is 0 Å². The molecule has 2 aromatic carbocycles. The van der Waals surface area contributed by atoms with Crippen LogP contribution in [0.2, 0.25) is 0 Å². The van der Waals surface area contributed by atoms with Crippen molar-refractivity contribution in [2.24, 2.45) is 0 Å². The Labute approximate surface area is 251 Å². The van der Waals surface area contributed by atoms with Crippen LogP contribution in [0.25, 0.3) is 11.0 Å². The Balaban J connectivity index is 1.44. The van der Waals surface area contributed by atoms with Gasteiger partial charge in [0.15, 0.2) is 0 Å². The molecule has 6 rings (SSSR count). The monoisotopic (exact) mass is 588 g/mol. The standard InChI is InChI=1S/C32H40N6O5/c1-20-14-26-27(15-21(20)2)36-31(35-26)25-6-5-11-43-30(25)29(23-17-33-34-18-23)38(32(39)37-9-12-42-13-10-37)19-22-7-8-24(40-3)16-28(22)41-4/h7-8,14-18,25,29-30H,5-6,9-13,19H2,1-4H3,(H,33,34)(H,35,36). The highest BCUT2D eigenvalue weighted by molar-refractivity contribution is 5.77. The number of hydrogen-bond donors (Lipinski definition) is 2. The first-order chi connectivity index (χ1) is 21.0. The minimum absolute atomic E-state index is 0.0700. The zero-order valence-corrected chi connectivity index (χ0v) is 25.3. The molecule has 3 unspecified atom stereocenters. The number of imidazole rings is 1. The van der Waals surface area contributed by atoms with E-state index in [1.54, 1.807) is 20.4 Å². The summed E-state index contributed by atoms with van der Waals surface area (Å²) in [5.41, 5.74) is 6.09. The Hall–Kier alpha value is -4.09. The number of carbonyl (C=O) groups excluding carboxylic acids is 1. The number of methoxy groups -OCH3 is 2. The van der Waals surface area contributed by atoms with Crippen molar-refractivity contribution in [1.82, 2.24) is 30.0 Å². The molecule has 228 valence electrons. The maximum Gasteiger partial charge on any atom is 0.321 e. The number of carbonyl (C=O) groups is 1. The van der Waals surface area contributed by atoms with Crippen LogP contribution in [0.3, 0.4) is 0 Å². The third kappa shape index (κ3) is 5.92.